The third-order valence-electron chi connectivity index (χ3n) is 3.37. The summed E-state index contributed by atoms with van der Waals surface area (Å²) in [4.78, 5) is 23.0. The Labute approximate surface area is 109 Å². The Morgan fingerprint density at radius 1 is 1.28 bits per heavy atom. The fourth-order valence-electron chi connectivity index (χ4n) is 2.28. The Kier molecular flexibility index (Phi) is 6.72. The van der Waals surface area contributed by atoms with Crippen molar-refractivity contribution in [3.8, 4) is 0 Å². The minimum Gasteiger partial charge on any atom is -0.468 e. The van der Waals surface area contributed by atoms with E-state index in [1.54, 1.807) is 0 Å². The van der Waals surface area contributed by atoms with Gasteiger partial charge in [-0.05, 0) is 19.3 Å². The molecule has 0 radical (unpaired) electrons. The summed E-state index contributed by atoms with van der Waals surface area (Å²) in [6, 6.07) is -0.0849. The van der Waals surface area contributed by atoms with Crippen LogP contribution in [0.4, 0.5) is 0 Å². The van der Waals surface area contributed by atoms with E-state index in [0.29, 0.717) is 12.5 Å². The molecule has 0 aromatic carbocycles. The number of esters is 1. The zero-order valence-electron chi connectivity index (χ0n) is 11.3. The molecule has 18 heavy (non-hydrogen) atoms. The highest BCUT2D eigenvalue weighted by molar-refractivity contribution is 5.80. The maximum Gasteiger partial charge on any atom is 0.322 e. The van der Waals surface area contributed by atoms with Gasteiger partial charge in [-0.3, -0.25) is 14.9 Å². The van der Waals surface area contributed by atoms with Crippen molar-refractivity contribution in [2.45, 2.75) is 57.5 Å². The molecule has 1 saturated carbocycles. The van der Waals surface area contributed by atoms with Gasteiger partial charge < -0.3 is 10.1 Å². The van der Waals surface area contributed by atoms with E-state index >= 15 is 0 Å². The second kappa shape index (κ2) is 8.08. The summed E-state index contributed by atoms with van der Waals surface area (Å²) >= 11 is 0. The molecule has 0 heterocycles. The number of nitrogens with one attached hydrogen (secondary N) is 2. The van der Waals surface area contributed by atoms with Crippen molar-refractivity contribution in [2.24, 2.45) is 0 Å². The van der Waals surface area contributed by atoms with Crippen molar-refractivity contribution in [3.05, 3.63) is 0 Å². The van der Waals surface area contributed by atoms with Crippen molar-refractivity contribution in [3.63, 3.8) is 0 Å². The predicted octanol–water partition coefficient (Wildman–Crippen LogP) is 0.976. The van der Waals surface area contributed by atoms with Gasteiger partial charge in [0.1, 0.15) is 6.04 Å². The van der Waals surface area contributed by atoms with Gasteiger partial charge >= 0.3 is 5.97 Å². The van der Waals surface area contributed by atoms with E-state index in [1.807, 2.05) is 6.92 Å². The molecule has 5 nitrogen and oxygen atoms in total. The van der Waals surface area contributed by atoms with E-state index in [-0.39, 0.29) is 18.4 Å². The molecule has 0 aliphatic heterocycles. The van der Waals surface area contributed by atoms with Crippen LogP contribution in [0.1, 0.15) is 45.4 Å². The van der Waals surface area contributed by atoms with Gasteiger partial charge in [0.05, 0.1) is 13.7 Å². The molecule has 2 N–H and O–H groups in total. The Balaban J connectivity index is 2.24. The van der Waals surface area contributed by atoms with Gasteiger partial charge in [-0.25, -0.2) is 0 Å². The third-order valence-corrected chi connectivity index (χ3v) is 3.37. The SMILES string of the molecule is CC[C@H](NCC(=O)NC1CCCCC1)C(=O)OC. The van der Waals surface area contributed by atoms with Crippen LogP contribution in [0.5, 0.6) is 0 Å². The lowest BCUT2D eigenvalue weighted by Gasteiger charge is -2.23. The van der Waals surface area contributed by atoms with Crippen molar-refractivity contribution < 1.29 is 14.3 Å². The van der Waals surface area contributed by atoms with Crippen LogP contribution >= 0.6 is 0 Å². The first-order chi connectivity index (χ1) is 8.67. The van der Waals surface area contributed by atoms with Crippen LogP contribution in [0.2, 0.25) is 0 Å². The smallest absolute Gasteiger partial charge is 0.322 e. The van der Waals surface area contributed by atoms with E-state index in [2.05, 4.69) is 15.4 Å². The lowest BCUT2D eigenvalue weighted by Crippen LogP contribution is -2.46. The maximum absolute atomic E-state index is 11.7. The standard InChI is InChI=1S/C13H24N2O3/c1-3-11(13(17)18-2)14-9-12(16)15-10-7-5-4-6-8-10/h10-11,14H,3-9H2,1-2H3,(H,15,16)/t11-/m0/s1. The molecule has 0 spiro atoms. The Morgan fingerprint density at radius 2 is 1.94 bits per heavy atom. The van der Waals surface area contributed by atoms with Crippen LogP contribution in [0.3, 0.4) is 0 Å². The number of hydrogen-bond acceptors (Lipinski definition) is 4. The molecule has 1 aliphatic rings. The molecular formula is C13H24N2O3. The van der Waals surface area contributed by atoms with E-state index in [0.717, 1.165) is 12.8 Å². The topological polar surface area (TPSA) is 67.4 Å². The molecule has 1 amide bonds. The lowest BCUT2D eigenvalue weighted by atomic mass is 9.95. The minimum atomic E-state index is -0.396. The van der Waals surface area contributed by atoms with E-state index in [9.17, 15) is 9.59 Å². The fraction of sp³-hybridized carbons (Fsp3) is 0.846. The number of carbonyl (C=O) groups excluding carboxylic acids is 2. The fourth-order valence-corrected chi connectivity index (χ4v) is 2.28. The van der Waals surface area contributed by atoms with Crippen molar-refractivity contribution in [1.82, 2.24) is 10.6 Å². The predicted molar refractivity (Wildman–Crippen MR) is 69.1 cm³/mol. The molecule has 0 aromatic rings. The summed E-state index contributed by atoms with van der Waals surface area (Å²) in [7, 11) is 1.36. The highest BCUT2D eigenvalue weighted by Crippen LogP contribution is 2.17. The highest BCUT2D eigenvalue weighted by Gasteiger charge is 2.19. The van der Waals surface area contributed by atoms with E-state index < -0.39 is 6.04 Å². The summed E-state index contributed by atoms with van der Waals surface area (Å²) in [6.07, 6.45) is 6.41. The van der Waals surface area contributed by atoms with Gasteiger partial charge in [0.15, 0.2) is 0 Å². The molecule has 1 aliphatic carbocycles. The van der Waals surface area contributed by atoms with Gasteiger partial charge in [0.2, 0.25) is 5.91 Å². The number of ether oxygens (including phenoxy) is 1. The molecule has 1 rings (SSSR count). The molecule has 0 saturated heterocycles. The molecule has 1 fully saturated rings. The van der Waals surface area contributed by atoms with E-state index in [4.69, 9.17) is 0 Å². The van der Waals surface area contributed by atoms with Gasteiger partial charge in [0, 0.05) is 6.04 Å². The summed E-state index contributed by atoms with van der Waals surface area (Å²) in [5.41, 5.74) is 0. The second-order valence-electron chi connectivity index (χ2n) is 4.77. The molecule has 0 unspecified atom stereocenters. The van der Waals surface area contributed by atoms with Crippen molar-refractivity contribution in [1.29, 1.82) is 0 Å². The molecule has 0 aromatic heterocycles. The third kappa shape index (κ3) is 5.04. The highest BCUT2D eigenvalue weighted by atomic mass is 16.5. The summed E-state index contributed by atoms with van der Waals surface area (Å²) in [6.45, 7) is 2.05. The molecule has 1 atom stereocenters. The van der Waals surface area contributed by atoms with Crippen LogP contribution in [0.15, 0.2) is 0 Å². The number of carbonyl (C=O) groups is 2. The average molecular weight is 256 g/mol. The molecule has 104 valence electrons. The van der Waals surface area contributed by atoms with Crippen LogP contribution in [0, 0.1) is 0 Å². The van der Waals surface area contributed by atoms with Gasteiger partial charge in [0.25, 0.3) is 0 Å². The van der Waals surface area contributed by atoms with E-state index in [1.165, 1.54) is 26.4 Å². The van der Waals surface area contributed by atoms with Gasteiger partial charge in [-0.15, -0.1) is 0 Å². The Hall–Kier alpha value is -1.10. The van der Waals surface area contributed by atoms with Gasteiger partial charge in [-0.2, -0.15) is 0 Å². The lowest BCUT2D eigenvalue weighted by molar-refractivity contribution is -0.143. The molecular weight excluding hydrogens is 232 g/mol. The average Bonchev–Trinajstić information content (AvgIpc) is 2.40. The number of hydrogen-bond donors (Lipinski definition) is 2. The largest absolute Gasteiger partial charge is 0.468 e. The van der Waals surface area contributed by atoms with Crippen molar-refractivity contribution >= 4 is 11.9 Å². The zero-order valence-corrected chi connectivity index (χ0v) is 11.3. The number of methoxy groups -OCH3 is 1. The number of amides is 1. The normalized spacial score (nSPS) is 18.1. The Bertz CT molecular complexity index is 275. The second-order valence-corrected chi connectivity index (χ2v) is 4.77. The molecule has 0 bridgehead atoms. The first-order valence-electron chi connectivity index (χ1n) is 6.78. The Morgan fingerprint density at radius 3 is 2.50 bits per heavy atom. The summed E-state index contributed by atoms with van der Waals surface area (Å²) in [5, 5.41) is 5.92. The first kappa shape index (κ1) is 15.0. The maximum atomic E-state index is 11.7. The summed E-state index contributed by atoms with van der Waals surface area (Å²) in [5.74, 6) is -0.354. The van der Waals surface area contributed by atoms with Gasteiger partial charge in [-0.1, -0.05) is 26.2 Å². The minimum absolute atomic E-state index is 0.0377. The first-order valence-corrected chi connectivity index (χ1v) is 6.78. The van der Waals surface area contributed by atoms with Crippen LogP contribution < -0.4 is 10.6 Å². The zero-order chi connectivity index (χ0) is 13.4. The van der Waals surface area contributed by atoms with Crippen LogP contribution in [-0.2, 0) is 14.3 Å². The van der Waals surface area contributed by atoms with Crippen molar-refractivity contribution in [2.75, 3.05) is 13.7 Å². The number of rotatable bonds is 6. The summed E-state index contributed by atoms with van der Waals surface area (Å²) < 4.78 is 4.65. The van der Waals surface area contributed by atoms with Crippen LogP contribution in [-0.4, -0.2) is 37.6 Å². The molecule has 5 heteroatoms. The van der Waals surface area contributed by atoms with Crippen LogP contribution in [0.25, 0.3) is 0 Å². The monoisotopic (exact) mass is 256 g/mol. The quantitative estimate of drug-likeness (QED) is 0.695.